The second-order valence-corrected chi connectivity index (χ2v) is 6.46. The number of rotatable bonds is 4. The fourth-order valence-corrected chi connectivity index (χ4v) is 3.03. The summed E-state index contributed by atoms with van der Waals surface area (Å²) in [5.41, 5.74) is 4.42. The summed E-state index contributed by atoms with van der Waals surface area (Å²) in [6, 6.07) is 16.2. The third kappa shape index (κ3) is 3.23. The third-order valence-electron chi connectivity index (χ3n) is 4.52. The first-order valence-electron chi connectivity index (χ1n) is 8.53. The molecular weight excluding hydrogens is 331 g/mol. The van der Waals surface area contributed by atoms with Gasteiger partial charge < -0.3 is 5.32 Å². The zero-order chi connectivity index (χ0) is 18.1. The Labute approximate surface area is 150 Å². The van der Waals surface area contributed by atoms with Crippen LogP contribution < -0.4 is 10.6 Å². The van der Waals surface area contributed by atoms with Crippen LogP contribution in [0.15, 0.2) is 54.6 Å². The predicted octanol–water partition coefficient (Wildman–Crippen LogP) is 3.03. The van der Waals surface area contributed by atoms with Crippen molar-refractivity contribution in [1.82, 2.24) is 20.4 Å². The predicted molar refractivity (Wildman–Crippen MR) is 97.0 cm³/mol. The Balaban J connectivity index is 1.58. The summed E-state index contributed by atoms with van der Waals surface area (Å²) >= 11 is 0. The first-order valence-corrected chi connectivity index (χ1v) is 8.53. The summed E-state index contributed by atoms with van der Waals surface area (Å²) in [7, 11) is 0. The van der Waals surface area contributed by atoms with Gasteiger partial charge in [-0.05, 0) is 30.7 Å². The number of nitrogens with one attached hydrogen (secondary N) is 2. The van der Waals surface area contributed by atoms with Gasteiger partial charge in [-0.3, -0.25) is 10.1 Å². The van der Waals surface area contributed by atoms with Gasteiger partial charge in [0.05, 0.1) is 12.2 Å². The lowest BCUT2D eigenvalue weighted by molar-refractivity contribution is 0.0900. The molecule has 4 rings (SSSR count). The van der Waals surface area contributed by atoms with Crippen molar-refractivity contribution in [3.05, 3.63) is 77.2 Å². The summed E-state index contributed by atoms with van der Waals surface area (Å²) in [4.78, 5) is 12.2. The summed E-state index contributed by atoms with van der Waals surface area (Å²) < 4.78 is 14.8. The number of amides is 1. The summed E-state index contributed by atoms with van der Waals surface area (Å²) in [6.07, 6.45) is -0.160. The van der Waals surface area contributed by atoms with E-state index in [-0.39, 0.29) is 17.9 Å². The number of halogens is 1. The number of benzene rings is 2. The molecule has 0 radical (unpaired) electrons. The molecule has 6 heteroatoms. The Hall–Kier alpha value is -2.99. The molecule has 0 fully saturated rings. The molecule has 1 atom stereocenters. The molecule has 0 saturated heterocycles. The van der Waals surface area contributed by atoms with Crippen LogP contribution in [-0.4, -0.2) is 22.2 Å². The van der Waals surface area contributed by atoms with Crippen LogP contribution in [0, 0.1) is 12.7 Å². The largest absolute Gasteiger partial charge is 0.347 e. The van der Waals surface area contributed by atoms with E-state index in [1.807, 2.05) is 37.3 Å². The standard InChI is InChI=1S/C20H19FN4O/c1-13-2-6-15(7-3-13)17-10-18-20(26)23-12-19(25(18)24-17)22-11-14-4-8-16(21)9-5-14/h2-10,19,22H,11-12H2,1H3,(H,23,26)/t19-/m0/s1. The number of carbonyl (C=O) groups excluding carboxylic acids is 1. The second kappa shape index (κ2) is 6.72. The second-order valence-electron chi connectivity index (χ2n) is 6.46. The van der Waals surface area contributed by atoms with Crippen molar-refractivity contribution in [1.29, 1.82) is 0 Å². The van der Waals surface area contributed by atoms with E-state index in [2.05, 4.69) is 15.7 Å². The van der Waals surface area contributed by atoms with Gasteiger partial charge in [0.25, 0.3) is 5.91 Å². The molecule has 1 aliphatic rings. The highest BCUT2D eigenvalue weighted by Gasteiger charge is 2.27. The lowest BCUT2D eigenvalue weighted by Gasteiger charge is -2.25. The summed E-state index contributed by atoms with van der Waals surface area (Å²) in [5.74, 6) is -0.383. The zero-order valence-corrected chi connectivity index (χ0v) is 14.4. The molecule has 26 heavy (non-hydrogen) atoms. The van der Waals surface area contributed by atoms with E-state index >= 15 is 0 Å². The van der Waals surface area contributed by atoms with Gasteiger partial charge in [-0.15, -0.1) is 0 Å². The van der Waals surface area contributed by atoms with Crippen LogP contribution in [0.25, 0.3) is 11.3 Å². The van der Waals surface area contributed by atoms with E-state index in [1.54, 1.807) is 16.8 Å². The highest BCUT2D eigenvalue weighted by Crippen LogP contribution is 2.23. The van der Waals surface area contributed by atoms with Crippen molar-refractivity contribution < 1.29 is 9.18 Å². The highest BCUT2D eigenvalue weighted by molar-refractivity contribution is 5.94. The molecule has 5 nitrogen and oxygen atoms in total. The molecule has 0 bridgehead atoms. The average molecular weight is 350 g/mol. The Morgan fingerprint density at radius 2 is 1.92 bits per heavy atom. The van der Waals surface area contributed by atoms with Crippen LogP contribution in [0.2, 0.25) is 0 Å². The van der Waals surface area contributed by atoms with Crippen molar-refractivity contribution in [2.24, 2.45) is 0 Å². The summed E-state index contributed by atoms with van der Waals surface area (Å²) in [5, 5.41) is 10.9. The van der Waals surface area contributed by atoms with Crippen LogP contribution in [0.5, 0.6) is 0 Å². The van der Waals surface area contributed by atoms with Crippen LogP contribution >= 0.6 is 0 Å². The van der Waals surface area contributed by atoms with Gasteiger partial charge in [0, 0.05) is 12.1 Å². The van der Waals surface area contributed by atoms with Gasteiger partial charge in [0.1, 0.15) is 17.7 Å². The van der Waals surface area contributed by atoms with Crippen molar-refractivity contribution in [2.75, 3.05) is 6.54 Å². The maximum Gasteiger partial charge on any atom is 0.269 e. The molecule has 1 amide bonds. The van der Waals surface area contributed by atoms with Gasteiger partial charge >= 0.3 is 0 Å². The molecular formula is C20H19FN4O. The molecule has 0 spiro atoms. The molecule has 2 heterocycles. The van der Waals surface area contributed by atoms with E-state index in [4.69, 9.17) is 0 Å². The van der Waals surface area contributed by atoms with Crippen molar-refractivity contribution in [2.45, 2.75) is 19.6 Å². The maximum absolute atomic E-state index is 13.0. The minimum atomic E-state index is -0.254. The maximum atomic E-state index is 13.0. The Kier molecular flexibility index (Phi) is 4.26. The van der Waals surface area contributed by atoms with E-state index in [1.165, 1.54) is 17.7 Å². The first-order chi connectivity index (χ1) is 12.6. The SMILES string of the molecule is Cc1ccc(-c2cc3n(n2)[C@H](NCc2ccc(F)cc2)CNC3=O)cc1. The first kappa shape index (κ1) is 16.5. The number of aryl methyl sites for hydroxylation is 1. The fourth-order valence-electron chi connectivity index (χ4n) is 3.03. The van der Waals surface area contributed by atoms with Gasteiger partial charge in [0.15, 0.2) is 0 Å². The van der Waals surface area contributed by atoms with Crippen molar-refractivity contribution in [3.8, 4) is 11.3 Å². The number of carbonyl (C=O) groups is 1. The Morgan fingerprint density at radius 3 is 2.65 bits per heavy atom. The molecule has 0 unspecified atom stereocenters. The Morgan fingerprint density at radius 1 is 1.19 bits per heavy atom. The van der Waals surface area contributed by atoms with Crippen LogP contribution in [0.1, 0.15) is 27.8 Å². The van der Waals surface area contributed by atoms with E-state index in [9.17, 15) is 9.18 Å². The van der Waals surface area contributed by atoms with Gasteiger partial charge in [-0.1, -0.05) is 42.0 Å². The van der Waals surface area contributed by atoms with Crippen LogP contribution in [0.3, 0.4) is 0 Å². The van der Waals surface area contributed by atoms with Gasteiger partial charge in [-0.2, -0.15) is 5.10 Å². The number of hydrogen-bond donors (Lipinski definition) is 2. The van der Waals surface area contributed by atoms with E-state index in [0.717, 1.165) is 16.8 Å². The molecule has 1 aliphatic heterocycles. The molecule has 2 N–H and O–H groups in total. The topological polar surface area (TPSA) is 59.0 Å². The number of fused-ring (bicyclic) bond motifs is 1. The molecule has 0 aliphatic carbocycles. The van der Waals surface area contributed by atoms with Gasteiger partial charge in [0.2, 0.25) is 0 Å². The minimum Gasteiger partial charge on any atom is -0.347 e. The lowest BCUT2D eigenvalue weighted by atomic mass is 10.1. The summed E-state index contributed by atoms with van der Waals surface area (Å²) in [6.45, 7) is 3.03. The van der Waals surface area contributed by atoms with E-state index in [0.29, 0.717) is 18.8 Å². The number of nitrogens with zero attached hydrogens (tertiary/aromatic N) is 2. The van der Waals surface area contributed by atoms with Gasteiger partial charge in [-0.25, -0.2) is 9.07 Å². The smallest absolute Gasteiger partial charge is 0.269 e. The number of aromatic nitrogens is 2. The normalized spacial score (nSPS) is 16.2. The average Bonchev–Trinajstić information content (AvgIpc) is 3.10. The molecule has 1 aromatic heterocycles. The third-order valence-corrected chi connectivity index (χ3v) is 4.52. The molecule has 2 aromatic carbocycles. The minimum absolute atomic E-state index is 0.129. The van der Waals surface area contributed by atoms with Crippen molar-refractivity contribution >= 4 is 5.91 Å². The van der Waals surface area contributed by atoms with Crippen LogP contribution in [0.4, 0.5) is 4.39 Å². The molecule has 0 saturated carbocycles. The molecule has 3 aromatic rings. The monoisotopic (exact) mass is 350 g/mol. The zero-order valence-electron chi connectivity index (χ0n) is 14.4. The quantitative estimate of drug-likeness (QED) is 0.760. The highest BCUT2D eigenvalue weighted by atomic mass is 19.1. The Bertz CT molecular complexity index is 931. The van der Waals surface area contributed by atoms with Crippen LogP contribution in [-0.2, 0) is 6.54 Å². The lowest BCUT2D eigenvalue weighted by Crippen LogP contribution is -2.45. The molecule has 132 valence electrons. The fraction of sp³-hybridized carbons (Fsp3) is 0.200. The van der Waals surface area contributed by atoms with Crippen molar-refractivity contribution in [3.63, 3.8) is 0 Å². The van der Waals surface area contributed by atoms with E-state index < -0.39 is 0 Å². The number of hydrogen-bond acceptors (Lipinski definition) is 3.